The van der Waals surface area contributed by atoms with Crippen molar-refractivity contribution in [2.24, 2.45) is 0 Å². The Morgan fingerprint density at radius 3 is 2.15 bits per heavy atom. The van der Waals surface area contributed by atoms with Crippen molar-refractivity contribution in [2.75, 3.05) is 12.4 Å². The predicted octanol–water partition coefficient (Wildman–Crippen LogP) is 5.32. The van der Waals surface area contributed by atoms with Gasteiger partial charge in [0.15, 0.2) is 0 Å². The molecule has 4 heteroatoms. The lowest BCUT2D eigenvalue weighted by Crippen LogP contribution is -2.22. The van der Waals surface area contributed by atoms with E-state index >= 15 is 0 Å². The molecule has 3 nitrogen and oxygen atoms in total. The van der Waals surface area contributed by atoms with Crippen LogP contribution in [0.2, 0.25) is 0 Å². The highest BCUT2D eigenvalue weighted by Crippen LogP contribution is 2.16. The molecule has 0 saturated carbocycles. The third-order valence-electron chi connectivity index (χ3n) is 3.87. The Kier molecular flexibility index (Phi) is 7.84. The molecule has 26 heavy (non-hydrogen) atoms. The fourth-order valence-corrected chi connectivity index (χ4v) is 3.44. The fraction of sp³-hybridized carbons (Fsp3) is 0.273. The van der Waals surface area contributed by atoms with Crippen molar-refractivity contribution in [3.05, 3.63) is 95.9 Å². The van der Waals surface area contributed by atoms with Crippen LogP contribution in [0.1, 0.15) is 16.9 Å². The second kappa shape index (κ2) is 10.9. The maximum Gasteiger partial charge on any atom is 0.113 e. The maximum atomic E-state index is 6.11. The van der Waals surface area contributed by atoms with Crippen molar-refractivity contribution in [1.29, 1.82) is 0 Å². The topological polar surface area (TPSA) is 31.6 Å². The molecule has 136 valence electrons. The van der Waals surface area contributed by atoms with Crippen LogP contribution >= 0.6 is 11.8 Å². The van der Waals surface area contributed by atoms with Gasteiger partial charge in [-0.15, -0.1) is 0 Å². The smallest absolute Gasteiger partial charge is 0.113 e. The van der Waals surface area contributed by atoms with Crippen LogP contribution in [-0.4, -0.2) is 18.5 Å². The number of rotatable bonds is 11. The summed E-state index contributed by atoms with van der Waals surface area (Å²) in [6.45, 7) is 1.78. The molecule has 1 heterocycles. The van der Waals surface area contributed by atoms with E-state index in [9.17, 15) is 0 Å². The minimum Gasteiger partial charge on any atom is -0.468 e. The number of hydrogen-bond donors (Lipinski definition) is 0. The van der Waals surface area contributed by atoms with Crippen LogP contribution in [0.25, 0.3) is 0 Å². The summed E-state index contributed by atoms with van der Waals surface area (Å²) in [6, 6.07) is 24.4. The molecule has 0 N–H and O–H groups in total. The van der Waals surface area contributed by atoms with Gasteiger partial charge in [-0.3, -0.25) is 0 Å². The molecular formula is C22H24O3S. The molecule has 0 saturated heterocycles. The van der Waals surface area contributed by atoms with Gasteiger partial charge in [0, 0.05) is 5.75 Å². The van der Waals surface area contributed by atoms with Gasteiger partial charge in [0.25, 0.3) is 0 Å². The maximum absolute atomic E-state index is 6.11. The lowest BCUT2D eigenvalue weighted by atomic mass is 10.2. The van der Waals surface area contributed by atoms with Gasteiger partial charge < -0.3 is 13.9 Å². The summed E-state index contributed by atoms with van der Waals surface area (Å²) >= 11 is 1.80. The molecule has 0 spiro atoms. The highest BCUT2D eigenvalue weighted by Gasteiger charge is 2.11. The lowest BCUT2D eigenvalue weighted by molar-refractivity contribution is -0.0173. The Bertz CT molecular complexity index is 714. The minimum atomic E-state index is 0.0406. The van der Waals surface area contributed by atoms with E-state index in [0.29, 0.717) is 19.8 Å². The van der Waals surface area contributed by atoms with Crippen molar-refractivity contribution in [1.82, 2.24) is 0 Å². The standard InChI is InChI=1S/C22H24O3S/c1-3-8-19(9-4-1)14-23-16-22(18-26-17-21-12-7-13-24-21)25-15-20-10-5-2-6-11-20/h1-13,22H,14-18H2. The molecule has 0 fully saturated rings. The van der Waals surface area contributed by atoms with Gasteiger partial charge in [-0.2, -0.15) is 11.8 Å². The van der Waals surface area contributed by atoms with Gasteiger partial charge in [-0.25, -0.2) is 0 Å². The first-order valence-electron chi connectivity index (χ1n) is 8.77. The van der Waals surface area contributed by atoms with Crippen molar-refractivity contribution >= 4 is 11.8 Å². The first kappa shape index (κ1) is 18.8. The Morgan fingerprint density at radius 1 is 0.808 bits per heavy atom. The second-order valence-electron chi connectivity index (χ2n) is 6.01. The number of hydrogen-bond acceptors (Lipinski definition) is 4. The average molecular weight is 368 g/mol. The molecular weight excluding hydrogens is 344 g/mol. The molecule has 0 amide bonds. The predicted molar refractivity (Wildman–Crippen MR) is 106 cm³/mol. The summed E-state index contributed by atoms with van der Waals surface area (Å²) in [5.74, 6) is 2.70. The molecule has 0 aliphatic rings. The third-order valence-corrected chi connectivity index (χ3v) is 4.97. The molecule has 1 atom stereocenters. The van der Waals surface area contributed by atoms with Crippen LogP contribution in [0.4, 0.5) is 0 Å². The van der Waals surface area contributed by atoms with Crippen LogP contribution in [0.15, 0.2) is 83.5 Å². The normalized spacial score (nSPS) is 12.2. The Labute approximate surface area is 159 Å². The number of ether oxygens (including phenoxy) is 2. The fourth-order valence-electron chi connectivity index (χ4n) is 2.50. The second-order valence-corrected chi connectivity index (χ2v) is 7.04. The van der Waals surface area contributed by atoms with E-state index in [2.05, 4.69) is 24.3 Å². The molecule has 0 aliphatic heterocycles. The summed E-state index contributed by atoms with van der Waals surface area (Å²) in [5, 5.41) is 0. The van der Waals surface area contributed by atoms with E-state index in [1.54, 1.807) is 18.0 Å². The monoisotopic (exact) mass is 368 g/mol. The zero-order valence-corrected chi connectivity index (χ0v) is 15.6. The summed E-state index contributed by atoms with van der Waals surface area (Å²) in [6.07, 6.45) is 1.75. The highest BCUT2D eigenvalue weighted by molar-refractivity contribution is 7.98. The number of thioether (sulfide) groups is 1. The van der Waals surface area contributed by atoms with E-state index < -0.39 is 0 Å². The van der Waals surface area contributed by atoms with Gasteiger partial charge in [0.2, 0.25) is 0 Å². The summed E-state index contributed by atoms with van der Waals surface area (Å²) in [4.78, 5) is 0. The molecule has 0 bridgehead atoms. The SMILES string of the molecule is c1ccc(COCC(CSCc2ccco2)OCc2ccccc2)cc1. The van der Waals surface area contributed by atoms with E-state index in [1.165, 1.54) is 11.1 Å². The van der Waals surface area contributed by atoms with Crippen molar-refractivity contribution in [3.63, 3.8) is 0 Å². The molecule has 0 radical (unpaired) electrons. The molecule has 1 aromatic heterocycles. The van der Waals surface area contributed by atoms with Crippen LogP contribution in [-0.2, 0) is 28.4 Å². The molecule has 3 rings (SSSR count). The summed E-state index contributed by atoms with van der Waals surface area (Å²) in [5.41, 5.74) is 2.36. The largest absolute Gasteiger partial charge is 0.468 e. The molecule has 0 aliphatic carbocycles. The van der Waals surface area contributed by atoms with Gasteiger partial charge in [0.1, 0.15) is 5.76 Å². The number of furan rings is 1. The molecule has 3 aromatic rings. The average Bonchev–Trinajstić information content (AvgIpc) is 3.21. The molecule has 2 aromatic carbocycles. The quantitative estimate of drug-likeness (QED) is 0.459. The Balaban J connectivity index is 1.46. The third kappa shape index (κ3) is 6.71. The first-order valence-corrected chi connectivity index (χ1v) is 9.93. The van der Waals surface area contributed by atoms with Crippen LogP contribution in [0.3, 0.4) is 0 Å². The van der Waals surface area contributed by atoms with Crippen molar-refractivity contribution < 1.29 is 13.9 Å². The van der Waals surface area contributed by atoms with Crippen molar-refractivity contribution in [2.45, 2.75) is 25.1 Å². The van der Waals surface area contributed by atoms with E-state index in [-0.39, 0.29) is 6.10 Å². The summed E-state index contributed by atoms with van der Waals surface area (Å²) < 4.78 is 17.4. The van der Waals surface area contributed by atoms with E-state index in [0.717, 1.165) is 17.3 Å². The minimum absolute atomic E-state index is 0.0406. The highest BCUT2D eigenvalue weighted by atomic mass is 32.2. The zero-order valence-electron chi connectivity index (χ0n) is 14.8. The lowest BCUT2D eigenvalue weighted by Gasteiger charge is -2.18. The first-order chi connectivity index (χ1) is 12.9. The van der Waals surface area contributed by atoms with Gasteiger partial charge in [0.05, 0.1) is 37.9 Å². The van der Waals surface area contributed by atoms with Crippen LogP contribution in [0.5, 0.6) is 0 Å². The van der Waals surface area contributed by atoms with Crippen molar-refractivity contribution in [3.8, 4) is 0 Å². The Hall–Kier alpha value is -2.01. The Morgan fingerprint density at radius 2 is 1.50 bits per heavy atom. The van der Waals surface area contributed by atoms with Gasteiger partial charge in [-0.1, -0.05) is 60.7 Å². The van der Waals surface area contributed by atoms with E-state index in [4.69, 9.17) is 13.9 Å². The van der Waals surface area contributed by atoms with Gasteiger partial charge >= 0.3 is 0 Å². The zero-order chi connectivity index (χ0) is 17.9. The number of benzene rings is 2. The van der Waals surface area contributed by atoms with Gasteiger partial charge in [-0.05, 0) is 23.3 Å². The summed E-state index contributed by atoms with van der Waals surface area (Å²) in [7, 11) is 0. The molecule has 1 unspecified atom stereocenters. The van der Waals surface area contributed by atoms with E-state index in [1.807, 2.05) is 48.5 Å². The van der Waals surface area contributed by atoms with Crippen LogP contribution in [0, 0.1) is 0 Å². The van der Waals surface area contributed by atoms with Crippen LogP contribution < -0.4 is 0 Å².